The summed E-state index contributed by atoms with van der Waals surface area (Å²) in [5.74, 6) is -3.72. The van der Waals surface area contributed by atoms with Gasteiger partial charge < -0.3 is 4.74 Å². The lowest BCUT2D eigenvalue weighted by atomic mass is 10.1. The van der Waals surface area contributed by atoms with Gasteiger partial charge in [-0.15, -0.1) is 0 Å². The lowest BCUT2D eigenvalue weighted by Gasteiger charge is -2.29. The molecule has 0 aromatic heterocycles. The Kier molecular flexibility index (Phi) is 6.43. The zero-order valence-corrected chi connectivity index (χ0v) is 19.0. The van der Waals surface area contributed by atoms with E-state index in [0.717, 1.165) is 18.2 Å². The number of rotatable bonds is 8. The summed E-state index contributed by atoms with van der Waals surface area (Å²) in [6.07, 6.45) is 0. The largest absolute Gasteiger partial charge is 0.497 e. The summed E-state index contributed by atoms with van der Waals surface area (Å²) in [5, 5.41) is 23.6. The Morgan fingerprint density at radius 3 is 2.24 bits per heavy atom. The number of nitrogens with zero attached hydrogens (tertiary/aromatic N) is 4. The first-order valence-electron chi connectivity index (χ1n) is 10.5. The van der Waals surface area contributed by atoms with Crippen molar-refractivity contribution in [1.29, 1.82) is 0 Å². The number of carbonyl (C=O) groups is 4. The van der Waals surface area contributed by atoms with Crippen molar-refractivity contribution in [2.75, 3.05) is 13.7 Å². The van der Waals surface area contributed by atoms with Crippen LogP contribution < -0.4 is 4.74 Å². The predicted molar refractivity (Wildman–Crippen MR) is 125 cm³/mol. The van der Waals surface area contributed by atoms with Gasteiger partial charge >= 0.3 is 0 Å². The quantitative estimate of drug-likeness (QED) is 0.193. The van der Waals surface area contributed by atoms with Crippen LogP contribution in [0.2, 0.25) is 0 Å². The molecule has 13 nitrogen and oxygen atoms in total. The van der Waals surface area contributed by atoms with Crippen LogP contribution in [0.15, 0.2) is 66.7 Å². The molecule has 0 spiro atoms. The molecule has 3 aromatic carbocycles. The number of hydrazine groups is 1. The number of fused-ring (bicyclic) bond motifs is 1. The number of Topliss-reactive ketones (excluding diaryl/α,β-unsaturated/α-hetero) is 1. The van der Waals surface area contributed by atoms with E-state index >= 15 is 0 Å². The van der Waals surface area contributed by atoms with Gasteiger partial charge in [0.15, 0.2) is 5.78 Å². The van der Waals surface area contributed by atoms with Gasteiger partial charge in [-0.2, -0.15) is 5.01 Å². The number of nitro benzene ring substituents is 2. The molecule has 0 unspecified atom stereocenters. The van der Waals surface area contributed by atoms with E-state index in [-0.39, 0.29) is 16.7 Å². The summed E-state index contributed by atoms with van der Waals surface area (Å²) in [6, 6.07) is 13.8. The lowest BCUT2D eigenvalue weighted by Crippen LogP contribution is -2.51. The number of ketones is 1. The third kappa shape index (κ3) is 4.48. The number of hydrogen-bond donors (Lipinski definition) is 0. The van der Waals surface area contributed by atoms with Crippen molar-refractivity contribution in [3.05, 3.63) is 109 Å². The minimum Gasteiger partial charge on any atom is -0.497 e. The van der Waals surface area contributed by atoms with Crippen LogP contribution in [0.3, 0.4) is 0 Å². The molecule has 0 aliphatic carbocycles. The molecule has 186 valence electrons. The molecule has 0 bridgehead atoms. The van der Waals surface area contributed by atoms with Crippen molar-refractivity contribution in [2.45, 2.75) is 0 Å². The fraction of sp³-hybridized carbons (Fsp3) is 0.0833. The Bertz CT molecular complexity index is 1500. The van der Waals surface area contributed by atoms with Crippen LogP contribution in [-0.2, 0) is 0 Å². The van der Waals surface area contributed by atoms with Crippen molar-refractivity contribution in [2.24, 2.45) is 0 Å². The van der Waals surface area contributed by atoms with Gasteiger partial charge in [0.05, 0.1) is 22.5 Å². The third-order valence-electron chi connectivity index (χ3n) is 5.53. The molecule has 0 fully saturated rings. The van der Waals surface area contributed by atoms with Gasteiger partial charge in [-0.1, -0.05) is 24.3 Å². The molecule has 0 radical (unpaired) electrons. The molecule has 3 amide bonds. The average molecular weight is 504 g/mol. The standard InChI is InChI=1S/C24H16N4O9/c1-37-17-8-3-5-14(12-17)20(29)13-25(22(30)15-6-2-7-16(11-15)27(33)34)26-23(31)18-9-4-10-19(28(35)36)21(18)24(26)32/h2-12H,13H2,1H3. The molecule has 0 saturated carbocycles. The Morgan fingerprint density at radius 2 is 1.57 bits per heavy atom. The van der Waals surface area contributed by atoms with Crippen molar-refractivity contribution >= 4 is 34.9 Å². The first kappa shape index (κ1) is 24.7. The fourth-order valence-corrected chi connectivity index (χ4v) is 3.79. The highest BCUT2D eigenvalue weighted by Crippen LogP contribution is 2.32. The molecule has 0 saturated heterocycles. The molecule has 0 N–H and O–H groups in total. The lowest BCUT2D eigenvalue weighted by molar-refractivity contribution is -0.385. The monoisotopic (exact) mass is 504 g/mol. The van der Waals surface area contributed by atoms with E-state index in [1.54, 1.807) is 6.07 Å². The van der Waals surface area contributed by atoms with E-state index in [0.29, 0.717) is 15.8 Å². The molecule has 0 atom stereocenters. The van der Waals surface area contributed by atoms with Gasteiger partial charge in [0, 0.05) is 29.3 Å². The SMILES string of the molecule is COc1cccc(C(=O)CN(C(=O)c2cccc([N+](=O)[O-])c2)N2C(=O)c3cccc([N+](=O)[O-])c3C2=O)c1. The highest BCUT2D eigenvalue weighted by molar-refractivity contribution is 6.24. The summed E-state index contributed by atoms with van der Waals surface area (Å²) < 4.78 is 5.10. The van der Waals surface area contributed by atoms with Gasteiger partial charge in [-0.25, -0.2) is 5.01 Å². The molecule has 1 heterocycles. The van der Waals surface area contributed by atoms with Crippen molar-refractivity contribution < 1.29 is 33.8 Å². The molecule has 1 aliphatic rings. The van der Waals surface area contributed by atoms with Crippen LogP contribution in [-0.4, -0.2) is 57.0 Å². The second-order valence-electron chi connectivity index (χ2n) is 7.70. The normalized spacial score (nSPS) is 12.2. The Balaban J connectivity index is 1.80. The molecule has 3 aromatic rings. The summed E-state index contributed by atoms with van der Waals surface area (Å²) >= 11 is 0. The number of carbonyl (C=O) groups excluding carboxylic acids is 4. The number of ether oxygens (including phenoxy) is 1. The second-order valence-corrected chi connectivity index (χ2v) is 7.70. The van der Waals surface area contributed by atoms with Crippen LogP contribution in [0.5, 0.6) is 5.75 Å². The highest BCUT2D eigenvalue weighted by Gasteiger charge is 2.46. The van der Waals surface area contributed by atoms with E-state index in [1.165, 1.54) is 49.6 Å². The first-order chi connectivity index (χ1) is 17.6. The average Bonchev–Trinajstić information content (AvgIpc) is 3.16. The van der Waals surface area contributed by atoms with Crippen LogP contribution >= 0.6 is 0 Å². The predicted octanol–water partition coefficient (Wildman–Crippen LogP) is 3.05. The van der Waals surface area contributed by atoms with Crippen molar-refractivity contribution in [3.8, 4) is 5.75 Å². The number of benzene rings is 3. The van der Waals surface area contributed by atoms with E-state index in [2.05, 4.69) is 0 Å². The highest BCUT2D eigenvalue weighted by atomic mass is 16.6. The maximum absolute atomic E-state index is 13.5. The number of hydrogen-bond acceptors (Lipinski definition) is 9. The molecular weight excluding hydrogens is 488 g/mol. The third-order valence-corrected chi connectivity index (χ3v) is 5.53. The Hall–Kier alpha value is -5.46. The van der Waals surface area contributed by atoms with E-state index in [9.17, 15) is 39.4 Å². The number of imide groups is 1. The van der Waals surface area contributed by atoms with Crippen LogP contribution in [0.25, 0.3) is 0 Å². The zero-order valence-electron chi connectivity index (χ0n) is 19.0. The topological polar surface area (TPSA) is 170 Å². The minimum atomic E-state index is -1.19. The zero-order chi connectivity index (χ0) is 26.9. The van der Waals surface area contributed by atoms with Gasteiger partial charge in [0.1, 0.15) is 17.9 Å². The Morgan fingerprint density at radius 1 is 0.892 bits per heavy atom. The maximum Gasteiger partial charge on any atom is 0.287 e. The molecule has 37 heavy (non-hydrogen) atoms. The fourth-order valence-electron chi connectivity index (χ4n) is 3.79. The number of nitro groups is 2. The second kappa shape index (κ2) is 9.65. The summed E-state index contributed by atoms with van der Waals surface area (Å²) in [6.45, 7) is -0.839. The van der Waals surface area contributed by atoms with E-state index in [4.69, 9.17) is 4.74 Å². The first-order valence-corrected chi connectivity index (χ1v) is 10.5. The van der Waals surface area contributed by atoms with Gasteiger partial charge in [0.2, 0.25) is 0 Å². The maximum atomic E-state index is 13.5. The minimum absolute atomic E-state index is 0.0822. The van der Waals surface area contributed by atoms with Gasteiger partial charge in [0.25, 0.3) is 29.1 Å². The van der Waals surface area contributed by atoms with E-state index < -0.39 is 56.8 Å². The summed E-state index contributed by atoms with van der Waals surface area (Å²) in [4.78, 5) is 74.2. The molecule has 13 heteroatoms. The number of non-ortho nitro benzene ring substituents is 1. The van der Waals surface area contributed by atoms with Crippen LogP contribution in [0.4, 0.5) is 11.4 Å². The van der Waals surface area contributed by atoms with Gasteiger partial charge in [-0.05, 0) is 24.3 Å². The Labute approximate surface area is 207 Å². The smallest absolute Gasteiger partial charge is 0.287 e. The van der Waals surface area contributed by atoms with E-state index in [1.807, 2.05) is 0 Å². The van der Waals surface area contributed by atoms with Gasteiger partial charge in [-0.3, -0.25) is 39.4 Å². The summed E-state index contributed by atoms with van der Waals surface area (Å²) in [5.41, 5.74) is -2.17. The number of methoxy groups -OCH3 is 1. The summed E-state index contributed by atoms with van der Waals surface area (Å²) in [7, 11) is 1.38. The van der Waals surface area contributed by atoms with Crippen molar-refractivity contribution in [1.82, 2.24) is 10.0 Å². The van der Waals surface area contributed by atoms with Crippen LogP contribution in [0.1, 0.15) is 41.4 Å². The van der Waals surface area contributed by atoms with Crippen molar-refractivity contribution in [3.63, 3.8) is 0 Å². The molecule has 1 aliphatic heterocycles. The molecular formula is C24H16N4O9. The van der Waals surface area contributed by atoms with Crippen LogP contribution in [0, 0.1) is 20.2 Å². The number of amides is 3. The molecule has 4 rings (SSSR count).